The lowest BCUT2D eigenvalue weighted by molar-refractivity contribution is 0.518. The topological polar surface area (TPSA) is 41.6 Å². The molecule has 0 aliphatic rings. The molecule has 1 aromatic heterocycles. The predicted molar refractivity (Wildman–Crippen MR) is 52.0 cm³/mol. The highest BCUT2D eigenvalue weighted by atomic mass is 15.3. The van der Waals surface area contributed by atoms with Crippen LogP contribution in [0.3, 0.4) is 0 Å². The largest absolute Gasteiger partial charge is 0.267 e. The molecule has 0 radical (unpaired) electrons. The molecule has 0 amide bonds. The van der Waals surface area contributed by atoms with Gasteiger partial charge in [-0.2, -0.15) is 10.4 Å². The first-order valence-corrected chi connectivity index (χ1v) is 4.21. The lowest BCUT2D eigenvalue weighted by Gasteiger charge is -2.06. The third-order valence-electron chi connectivity index (χ3n) is 1.86. The van der Waals surface area contributed by atoms with E-state index in [1.54, 1.807) is 0 Å². The molecule has 1 rings (SSSR count). The van der Waals surface area contributed by atoms with Crippen LogP contribution in [-0.4, -0.2) is 9.78 Å². The molecule has 1 aromatic rings. The fraction of sp³-hybridized carbons (Fsp3) is 0.400. The summed E-state index contributed by atoms with van der Waals surface area (Å²) in [7, 11) is 0. The first kappa shape index (κ1) is 9.53. The van der Waals surface area contributed by atoms with E-state index in [-0.39, 0.29) is 0 Å². The molecule has 0 unspecified atom stereocenters. The van der Waals surface area contributed by atoms with Gasteiger partial charge in [-0.3, -0.25) is 4.68 Å². The monoisotopic (exact) mass is 175 g/mol. The van der Waals surface area contributed by atoms with Gasteiger partial charge in [-0.15, -0.1) is 0 Å². The van der Waals surface area contributed by atoms with Gasteiger partial charge in [0.1, 0.15) is 11.8 Å². The molecule has 0 aliphatic carbocycles. The highest BCUT2D eigenvalue weighted by Gasteiger charge is 2.08. The molecule has 3 heteroatoms. The van der Waals surface area contributed by atoms with Crippen molar-refractivity contribution in [3.05, 3.63) is 24.0 Å². The Hall–Kier alpha value is -1.56. The van der Waals surface area contributed by atoms with Crippen LogP contribution in [0.5, 0.6) is 0 Å². The summed E-state index contributed by atoms with van der Waals surface area (Å²) in [5.74, 6) is 0. The fourth-order valence-corrected chi connectivity index (χ4v) is 1.22. The third kappa shape index (κ3) is 1.78. The molecule has 13 heavy (non-hydrogen) atoms. The molecule has 0 N–H and O–H groups in total. The summed E-state index contributed by atoms with van der Waals surface area (Å²) in [5.41, 5.74) is 2.15. The van der Waals surface area contributed by atoms with Crippen LogP contribution in [0.15, 0.2) is 12.6 Å². The first-order valence-electron chi connectivity index (χ1n) is 4.21. The van der Waals surface area contributed by atoms with E-state index in [0.717, 1.165) is 5.69 Å². The molecule has 3 nitrogen and oxygen atoms in total. The number of hydrogen-bond acceptors (Lipinski definition) is 2. The molecule has 68 valence electrons. The molecule has 0 atom stereocenters. The maximum atomic E-state index is 8.63. The summed E-state index contributed by atoms with van der Waals surface area (Å²) in [6, 6.07) is 4.19. The highest BCUT2D eigenvalue weighted by Crippen LogP contribution is 2.14. The number of allylic oxidation sites excluding steroid dienone is 1. The minimum absolute atomic E-state index is 0.320. The van der Waals surface area contributed by atoms with Crippen LogP contribution in [-0.2, 0) is 0 Å². The standard InChI is InChI=1S/C10H13N3/c1-7(2)13-9(4)5-10(12-13)8(3)6-11/h5,7H,3H2,1-2,4H3. The van der Waals surface area contributed by atoms with Gasteiger partial charge in [-0.05, 0) is 26.8 Å². The summed E-state index contributed by atoms with van der Waals surface area (Å²) in [5, 5.41) is 12.9. The van der Waals surface area contributed by atoms with Crippen LogP contribution in [0.1, 0.15) is 31.3 Å². The first-order chi connectivity index (χ1) is 6.06. The van der Waals surface area contributed by atoms with E-state index in [1.165, 1.54) is 0 Å². The van der Waals surface area contributed by atoms with E-state index < -0.39 is 0 Å². The number of nitrogens with zero attached hydrogens (tertiary/aromatic N) is 3. The highest BCUT2D eigenvalue weighted by molar-refractivity contribution is 5.72. The van der Waals surface area contributed by atoms with Gasteiger partial charge in [-0.1, -0.05) is 6.58 Å². The van der Waals surface area contributed by atoms with Crippen LogP contribution in [0.2, 0.25) is 0 Å². The average molecular weight is 175 g/mol. The Labute approximate surface area is 78.3 Å². The molecule has 0 aliphatic heterocycles. The van der Waals surface area contributed by atoms with Crippen molar-refractivity contribution < 1.29 is 0 Å². The van der Waals surface area contributed by atoms with Crippen molar-refractivity contribution >= 4 is 5.57 Å². The average Bonchev–Trinajstić information content (AvgIpc) is 2.46. The Kier molecular flexibility index (Phi) is 2.52. The number of aromatic nitrogens is 2. The maximum Gasteiger partial charge on any atom is 0.102 e. The third-order valence-corrected chi connectivity index (χ3v) is 1.86. The molecule has 0 saturated carbocycles. The molecule has 0 bridgehead atoms. The van der Waals surface area contributed by atoms with Gasteiger partial charge in [-0.25, -0.2) is 0 Å². The molecule has 0 spiro atoms. The number of aryl methyl sites for hydroxylation is 1. The smallest absolute Gasteiger partial charge is 0.102 e. The van der Waals surface area contributed by atoms with Crippen LogP contribution in [0.25, 0.3) is 5.57 Å². The Morgan fingerprint density at radius 1 is 1.69 bits per heavy atom. The van der Waals surface area contributed by atoms with Gasteiger partial charge < -0.3 is 0 Å². The maximum absolute atomic E-state index is 8.63. The molecule has 0 aromatic carbocycles. The van der Waals surface area contributed by atoms with Gasteiger partial charge >= 0.3 is 0 Å². The van der Waals surface area contributed by atoms with Crippen molar-refractivity contribution in [2.24, 2.45) is 0 Å². The van der Waals surface area contributed by atoms with Crippen molar-refractivity contribution in [1.82, 2.24) is 9.78 Å². The molecule has 1 heterocycles. The van der Waals surface area contributed by atoms with Crippen LogP contribution < -0.4 is 0 Å². The molecular weight excluding hydrogens is 162 g/mol. The Balaban J connectivity index is 3.11. The van der Waals surface area contributed by atoms with Gasteiger partial charge in [0.05, 0.1) is 5.57 Å². The van der Waals surface area contributed by atoms with Crippen molar-refractivity contribution in [1.29, 1.82) is 5.26 Å². The van der Waals surface area contributed by atoms with E-state index in [9.17, 15) is 0 Å². The fourth-order valence-electron chi connectivity index (χ4n) is 1.22. The van der Waals surface area contributed by atoms with Crippen LogP contribution >= 0.6 is 0 Å². The van der Waals surface area contributed by atoms with Gasteiger partial charge in [0.15, 0.2) is 0 Å². The van der Waals surface area contributed by atoms with E-state index in [0.29, 0.717) is 17.3 Å². The lowest BCUT2D eigenvalue weighted by atomic mass is 10.2. The van der Waals surface area contributed by atoms with E-state index in [4.69, 9.17) is 5.26 Å². The second-order valence-corrected chi connectivity index (χ2v) is 3.30. The Morgan fingerprint density at radius 3 is 2.69 bits per heavy atom. The van der Waals surface area contributed by atoms with Crippen LogP contribution in [0.4, 0.5) is 0 Å². The predicted octanol–water partition coefficient (Wildman–Crippen LogP) is 2.31. The summed E-state index contributed by atoms with van der Waals surface area (Å²) in [6.45, 7) is 9.70. The minimum Gasteiger partial charge on any atom is -0.267 e. The quantitative estimate of drug-likeness (QED) is 0.647. The molecule has 0 saturated heterocycles. The van der Waals surface area contributed by atoms with Gasteiger partial charge in [0.25, 0.3) is 0 Å². The van der Waals surface area contributed by atoms with Crippen molar-refractivity contribution in [2.75, 3.05) is 0 Å². The van der Waals surface area contributed by atoms with Crippen molar-refractivity contribution in [3.8, 4) is 6.07 Å². The lowest BCUT2D eigenvalue weighted by Crippen LogP contribution is -2.04. The van der Waals surface area contributed by atoms with Gasteiger partial charge in [0.2, 0.25) is 0 Å². The SMILES string of the molecule is C=C(C#N)c1cc(C)n(C(C)C)n1. The second kappa shape index (κ2) is 3.44. The summed E-state index contributed by atoms with van der Waals surface area (Å²) in [4.78, 5) is 0. The van der Waals surface area contributed by atoms with Crippen molar-refractivity contribution in [2.45, 2.75) is 26.8 Å². The molecule has 0 fully saturated rings. The van der Waals surface area contributed by atoms with E-state index in [2.05, 4.69) is 25.5 Å². The second-order valence-electron chi connectivity index (χ2n) is 3.30. The zero-order valence-electron chi connectivity index (χ0n) is 8.20. The normalized spacial score (nSPS) is 10.1. The number of rotatable bonds is 2. The summed E-state index contributed by atoms with van der Waals surface area (Å²) in [6.07, 6.45) is 0. The minimum atomic E-state index is 0.320. The van der Waals surface area contributed by atoms with Crippen molar-refractivity contribution in [3.63, 3.8) is 0 Å². The van der Waals surface area contributed by atoms with Crippen LogP contribution in [0, 0.1) is 18.3 Å². The zero-order chi connectivity index (χ0) is 10.0. The number of nitriles is 1. The van der Waals surface area contributed by atoms with Gasteiger partial charge in [0, 0.05) is 11.7 Å². The van der Waals surface area contributed by atoms with E-state index in [1.807, 2.05) is 23.7 Å². The Bertz CT molecular complexity index is 366. The Morgan fingerprint density at radius 2 is 2.31 bits per heavy atom. The number of hydrogen-bond donors (Lipinski definition) is 0. The van der Waals surface area contributed by atoms with E-state index >= 15 is 0 Å². The summed E-state index contributed by atoms with van der Waals surface area (Å²) >= 11 is 0. The molecular formula is C10H13N3. The summed E-state index contributed by atoms with van der Waals surface area (Å²) < 4.78 is 1.89. The zero-order valence-corrected chi connectivity index (χ0v) is 8.20.